The third kappa shape index (κ3) is 4.70. The number of amides is 1. The second kappa shape index (κ2) is 9.69. The van der Waals surface area contributed by atoms with Gasteiger partial charge >= 0.3 is 0 Å². The molecule has 1 amide bonds. The van der Waals surface area contributed by atoms with Gasteiger partial charge in [-0.15, -0.1) is 0 Å². The summed E-state index contributed by atoms with van der Waals surface area (Å²) in [5, 5.41) is 9.00. The summed E-state index contributed by atoms with van der Waals surface area (Å²) in [6.45, 7) is 3.70. The number of aromatic amines is 1. The summed E-state index contributed by atoms with van der Waals surface area (Å²) in [7, 11) is 0. The minimum absolute atomic E-state index is 0.149. The first kappa shape index (κ1) is 22.2. The number of carbonyl (C=O) groups excluding carboxylic acids is 1. The van der Waals surface area contributed by atoms with E-state index in [4.69, 9.17) is 17.3 Å². The van der Waals surface area contributed by atoms with Crippen molar-refractivity contribution < 1.29 is 4.79 Å². The number of hydrogen-bond donors (Lipinski definition) is 2. The zero-order valence-electron chi connectivity index (χ0n) is 18.8. The first-order chi connectivity index (χ1) is 16.2. The molecule has 2 aliphatic rings. The van der Waals surface area contributed by atoms with Crippen LogP contribution in [0.3, 0.4) is 0 Å². The van der Waals surface area contributed by atoms with Crippen LogP contribution in [0.1, 0.15) is 55.1 Å². The lowest BCUT2D eigenvalue weighted by Gasteiger charge is -2.38. The highest BCUT2D eigenvalue weighted by Gasteiger charge is 2.33. The Balaban J connectivity index is 1.32. The number of nitrogens with one attached hydrogen (secondary N) is 1. The molecule has 3 heterocycles. The van der Waals surface area contributed by atoms with Crippen LogP contribution in [-0.4, -0.2) is 58.7 Å². The Labute approximate surface area is 199 Å². The number of halogens is 1. The average molecular weight is 467 g/mol. The number of rotatable bonds is 8. The number of fused-ring (bicyclic) bond motifs is 1. The van der Waals surface area contributed by atoms with Gasteiger partial charge in [-0.1, -0.05) is 30.2 Å². The van der Waals surface area contributed by atoms with Crippen molar-refractivity contribution in [2.45, 2.75) is 43.9 Å². The van der Waals surface area contributed by atoms with Crippen LogP contribution in [0, 0.1) is 0 Å². The van der Waals surface area contributed by atoms with Crippen molar-refractivity contribution >= 4 is 34.2 Å². The van der Waals surface area contributed by atoms with Gasteiger partial charge in [-0.05, 0) is 61.4 Å². The molecule has 1 aromatic carbocycles. The van der Waals surface area contributed by atoms with Crippen LogP contribution in [0.15, 0.2) is 36.7 Å². The van der Waals surface area contributed by atoms with Gasteiger partial charge < -0.3 is 15.5 Å². The molecule has 0 spiro atoms. The van der Waals surface area contributed by atoms with E-state index in [1.807, 2.05) is 41.6 Å². The van der Waals surface area contributed by atoms with Crippen LogP contribution in [0.2, 0.25) is 5.02 Å². The third-order valence-electron chi connectivity index (χ3n) is 6.92. The Morgan fingerprint density at radius 3 is 2.58 bits per heavy atom. The number of anilines is 1. The maximum absolute atomic E-state index is 13.6. The molecule has 3 N–H and O–H groups in total. The number of benzene rings is 1. The lowest BCUT2D eigenvalue weighted by molar-refractivity contribution is -0.133. The minimum atomic E-state index is -0.149. The maximum atomic E-state index is 13.6. The number of carbonyl (C=O) groups is 1. The Bertz CT molecular complexity index is 1100. The lowest BCUT2D eigenvalue weighted by Crippen LogP contribution is -2.50. The van der Waals surface area contributed by atoms with Gasteiger partial charge in [-0.3, -0.25) is 9.89 Å². The number of nitrogens with two attached hydrogens (primary N) is 1. The number of pyridine rings is 1. The molecule has 33 heavy (non-hydrogen) atoms. The summed E-state index contributed by atoms with van der Waals surface area (Å²) in [6, 6.07) is 7.71. The quantitative estimate of drug-likeness (QED) is 0.488. The van der Waals surface area contributed by atoms with E-state index in [2.05, 4.69) is 20.1 Å². The molecule has 1 aliphatic carbocycles. The van der Waals surface area contributed by atoms with Crippen LogP contribution in [0.25, 0.3) is 11.0 Å². The first-order valence-electron chi connectivity index (χ1n) is 12.0. The van der Waals surface area contributed by atoms with Crippen LogP contribution in [-0.2, 0) is 4.79 Å². The van der Waals surface area contributed by atoms with E-state index in [0.29, 0.717) is 30.6 Å². The predicted octanol–water partition coefficient (Wildman–Crippen LogP) is 4.05. The van der Waals surface area contributed by atoms with Gasteiger partial charge in [0, 0.05) is 37.4 Å². The van der Waals surface area contributed by atoms with Crippen LogP contribution in [0.4, 0.5) is 5.69 Å². The van der Waals surface area contributed by atoms with E-state index in [9.17, 15) is 4.79 Å². The highest BCUT2D eigenvalue weighted by atomic mass is 35.5. The van der Waals surface area contributed by atoms with E-state index in [-0.39, 0.29) is 11.8 Å². The van der Waals surface area contributed by atoms with Crippen molar-refractivity contribution in [3.8, 4) is 0 Å². The first-order valence-corrected chi connectivity index (χ1v) is 12.3. The second-order valence-electron chi connectivity index (χ2n) is 9.17. The van der Waals surface area contributed by atoms with E-state index in [1.165, 1.54) is 24.1 Å². The zero-order chi connectivity index (χ0) is 22.8. The summed E-state index contributed by atoms with van der Waals surface area (Å²) in [6.07, 6.45) is 9.02. The molecule has 1 saturated heterocycles. The van der Waals surface area contributed by atoms with Gasteiger partial charge in [0.2, 0.25) is 5.91 Å². The molecule has 5 rings (SSSR count). The van der Waals surface area contributed by atoms with Gasteiger partial charge in [0.25, 0.3) is 0 Å². The molecule has 0 bridgehead atoms. The number of H-pyrrole nitrogens is 1. The van der Waals surface area contributed by atoms with Crippen LogP contribution >= 0.6 is 11.6 Å². The molecule has 0 unspecified atom stereocenters. The summed E-state index contributed by atoms with van der Waals surface area (Å²) >= 11 is 6.09. The summed E-state index contributed by atoms with van der Waals surface area (Å²) < 4.78 is 0. The van der Waals surface area contributed by atoms with Crippen molar-refractivity contribution in [1.29, 1.82) is 0 Å². The highest BCUT2D eigenvalue weighted by Crippen LogP contribution is 2.46. The molecule has 1 saturated carbocycles. The monoisotopic (exact) mass is 466 g/mol. The van der Waals surface area contributed by atoms with Gasteiger partial charge in [-0.2, -0.15) is 5.10 Å². The highest BCUT2D eigenvalue weighted by molar-refractivity contribution is 6.30. The largest absolute Gasteiger partial charge is 0.367 e. The molecule has 2 aromatic heterocycles. The Kier molecular flexibility index (Phi) is 6.51. The minimum Gasteiger partial charge on any atom is -0.367 e. The topological polar surface area (TPSA) is 91.1 Å². The van der Waals surface area contributed by atoms with Crippen molar-refractivity contribution in [3.63, 3.8) is 0 Å². The number of hydrogen-bond acceptors (Lipinski definition) is 5. The fraction of sp³-hybridized carbons (Fsp3) is 0.480. The fourth-order valence-electron chi connectivity index (χ4n) is 4.94. The molecular formula is C25H31ClN6O. The van der Waals surface area contributed by atoms with E-state index >= 15 is 0 Å². The fourth-order valence-corrected chi connectivity index (χ4v) is 5.07. The molecule has 8 heteroatoms. The Morgan fingerprint density at radius 1 is 1.12 bits per heavy atom. The molecule has 1 atom stereocenters. The number of piperazine rings is 1. The van der Waals surface area contributed by atoms with Crippen molar-refractivity contribution in [2.75, 3.05) is 37.6 Å². The summed E-state index contributed by atoms with van der Waals surface area (Å²) in [5.41, 5.74) is 10.1. The summed E-state index contributed by atoms with van der Waals surface area (Å²) in [4.78, 5) is 22.6. The van der Waals surface area contributed by atoms with Gasteiger partial charge in [-0.25, -0.2) is 4.98 Å². The third-order valence-corrected chi connectivity index (χ3v) is 7.17. The van der Waals surface area contributed by atoms with E-state index < -0.39 is 0 Å². The standard InChI is InChI=1S/C25H31ClN6O/c26-19-8-6-17(7-9-19)20(3-1-2-10-27)25(33)32-13-11-31(12-14-32)23-21(18-4-5-18)15-28-24-22(23)16-29-30-24/h6-9,15-16,18,20H,1-5,10-14,27H2,(H,28,29,30)/t20-/m1/s1. The van der Waals surface area contributed by atoms with Crippen LogP contribution in [0.5, 0.6) is 0 Å². The van der Waals surface area contributed by atoms with Gasteiger partial charge in [0.05, 0.1) is 23.2 Å². The van der Waals surface area contributed by atoms with Gasteiger partial charge in [0.1, 0.15) is 0 Å². The number of aromatic nitrogens is 3. The average Bonchev–Trinajstić information content (AvgIpc) is 3.58. The molecular weight excluding hydrogens is 436 g/mol. The molecule has 7 nitrogen and oxygen atoms in total. The van der Waals surface area contributed by atoms with E-state index in [0.717, 1.165) is 48.9 Å². The van der Waals surface area contributed by atoms with Crippen molar-refractivity contribution in [1.82, 2.24) is 20.1 Å². The van der Waals surface area contributed by atoms with Crippen molar-refractivity contribution in [2.24, 2.45) is 5.73 Å². The lowest BCUT2D eigenvalue weighted by atomic mass is 9.91. The molecule has 0 radical (unpaired) electrons. The summed E-state index contributed by atoms with van der Waals surface area (Å²) in [5.74, 6) is 0.659. The molecule has 174 valence electrons. The van der Waals surface area contributed by atoms with Crippen LogP contribution < -0.4 is 10.6 Å². The zero-order valence-corrected chi connectivity index (χ0v) is 19.6. The Morgan fingerprint density at radius 2 is 1.88 bits per heavy atom. The number of unbranched alkanes of at least 4 members (excludes halogenated alkanes) is 1. The SMILES string of the molecule is NCCCC[C@@H](C(=O)N1CCN(c2c(C3CC3)cnc3[nH]ncc23)CC1)c1ccc(Cl)cc1. The Hall–Kier alpha value is -2.64. The smallest absolute Gasteiger partial charge is 0.230 e. The normalized spacial score (nSPS) is 17.5. The molecule has 1 aliphatic heterocycles. The van der Waals surface area contributed by atoms with E-state index in [1.54, 1.807) is 0 Å². The predicted molar refractivity (Wildman–Crippen MR) is 132 cm³/mol. The van der Waals surface area contributed by atoms with Crippen molar-refractivity contribution in [3.05, 3.63) is 52.8 Å². The molecule has 3 aromatic rings. The second-order valence-corrected chi connectivity index (χ2v) is 9.61. The van der Waals surface area contributed by atoms with Gasteiger partial charge in [0.15, 0.2) is 5.65 Å². The number of nitrogens with zero attached hydrogens (tertiary/aromatic N) is 4. The maximum Gasteiger partial charge on any atom is 0.230 e. The molecule has 2 fully saturated rings.